The third-order valence-electron chi connectivity index (χ3n) is 2.40. The van der Waals surface area contributed by atoms with Gasteiger partial charge in [0.2, 0.25) is 0 Å². The molecule has 14 heavy (non-hydrogen) atoms. The topological polar surface area (TPSA) is 9.23 Å². The molecule has 0 N–H and O–H groups in total. The van der Waals surface area contributed by atoms with Crippen LogP contribution in [0.4, 0.5) is 0 Å². The Morgan fingerprint density at radius 3 is 3.00 bits per heavy atom. The van der Waals surface area contributed by atoms with Crippen molar-refractivity contribution in [2.24, 2.45) is 0 Å². The maximum Gasteiger partial charge on any atom is 0.134 e. The first-order valence-electron chi connectivity index (χ1n) is 5.58. The highest BCUT2D eigenvalue weighted by Crippen LogP contribution is 2.18. The molecule has 2 unspecified atom stereocenters. The molecule has 80 valence electrons. The zero-order chi connectivity index (χ0) is 10.2. The minimum absolute atomic E-state index is 0.0213. The number of hydrogen-bond acceptors (Lipinski definition) is 1. The highest BCUT2D eigenvalue weighted by Gasteiger charge is 2.21. The molecular weight excluding hydrogens is 196 g/mol. The second-order valence-electron chi connectivity index (χ2n) is 3.73. The summed E-state index contributed by atoms with van der Waals surface area (Å²) in [6.07, 6.45) is 6.79. The maximum atomic E-state index is 6.10. The molecule has 2 heteroatoms. The van der Waals surface area contributed by atoms with Gasteiger partial charge in [0, 0.05) is 13.0 Å². The van der Waals surface area contributed by atoms with Gasteiger partial charge in [-0.05, 0) is 19.3 Å². The van der Waals surface area contributed by atoms with E-state index in [4.69, 9.17) is 16.3 Å². The van der Waals surface area contributed by atoms with Crippen LogP contribution < -0.4 is 0 Å². The zero-order valence-electron chi connectivity index (χ0n) is 8.89. The first kappa shape index (κ1) is 11.9. The fourth-order valence-corrected chi connectivity index (χ4v) is 1.80. The fourth-order valence-electron chi connectivity index (χ4n) is 1.51. The fraction of sp³-hybridized carbons (Fsp3) is 0.833. The van der Waals surface area contributed by atoms with Crippen molar-refractivity contribution in [1.29, 1.82) is 0 Å². The predicted octanol–water partition coefficient (Wildman–Crippen LogP) is 3.36. The highest BCUT2D eigenvalue weighted by molar-refractivity contribution is 6.21. The number of ether oxygens (including phenoxy) is 1. The summed E-state index contributed by atoms with van der Waals surface area (Å²) in [5.74, 6) is 6.29. The minimum atomic E-state index is -0.0213. The van der Waals surface area contributed by atoms with Crippen LogP contribution in [-0.4, -0.2) is 18.1 Å². The van der Waals surface area contributed by atoms with Gasteiger partial charge in [-0.2, -0.15) is 0 Å². The van der Waals surface area contributed by atoms with E-state index in [9.17, 15) is 0 Å². The number of unbranched alkanes of at least 4 members (excludes halogenated alkanes) is 3. The lowest BCUT2D eigenvalue weighted by molar-refractivity contribution is 0.0557. The van der Waals surface area contributed by atoms with Crippen LogP contribution >= 0.6 is 11.6 Å². The Balaban J connectivity index is 2.19. The standard InChI is InChI=1S/C12H19ClO/c1-2-3-4-5-6-9-12-11(13)8-7-10-14-12/h11-12H,2-5,7-8,10H2,1H3. The van der Waals surface area contributed by atoms with E-state index in [1.807, 2.05) is 0 Å². The van der Waals surface area contributed by atoms with Gasteiger partial charge in [-0.15, -0.1) is 17.5 Å². The molecule has 2 atom stereocenters. The predicted molar refractivity (Wildman–Crippen MR) is 60.5 cm³/mol. The Morgan fingerprint density at radius 2 is 2.29 bits per heavy atom. The van der Waals surface area contributed by atoms with Gasteiger partial charge in [-0.25, -0.2) is 0 Å². The molecule has 0 radical (unpaired) electrons. The van der Waals surface area contributed by atoms with Crippen LogP contribution in [0, 0.1) is 11.8 Å². The molecule has 1 aliphatic heterocycles. The Labute approximate surface area is 92.2 Å². The van der Waals surface area contributed by atoms with E-state index < -0.39 is 0 Å². The van der Waals surface area contributed by atoms with Gasteiger partial charge in [-0.3, -0.25) is 0 Å². The average Bonchev–Trinajstić information content (AvgIpc) is 2.20. The Bertz CT molecular complexity index is 204. The third kappa shape index (κ3) is 4.35. The third-order valence-corrected chi connectivity index (χ3v) is 2.85. The van der Waals surface area contributed by atoms with Gasteiger partial charge in [0.1, 0.15) is 6.10 Å². The molecule has 1 heterocycles. The monoisotopic (exact) mass is 214 g/mol. The lowest BCUT2D eigenvalue weighted by Gasteiger charge is -2.22. The molecule has 1 aliphatic rings. The molecule has 0 bridgehead atoms. The quantitative estimate of drug-likeness (QED) is 0.398. The van der Waals surface area contributed by atoms with Crippen molar-refractivity contribution in [1.82, 2.24) is 0 Å². The molecule has 0 aromatic rings. The van der Waals surface area contributed by atoms with E-state index in [0.717, 1.165) is 25.9 Å². The van der Waals surface area contributed by atoms with E-state index in [1.54, 1.807) is 0 Å². The van der Waals surface area contributed by atoms with Crippen LogP contribution in [0.3, 0.4) is 0 Å². The molecule has 1 nitrogen and oxygen atoms in total. The second kappa shape index (κ2) is 7.15. The van der Waals surface area contributed by atoms with E-state index in [2.05, 4.69) is 18.8 Å². The molecule has 0 amide bonds. The smallest absolute Gasteiger partial charge is 0.134 e. The van der Waals surface area contributed by atoms with Crippen molar-refractivity contribution in [2.45, 2.75) is 56.9 Å². The molecule has 1 saturated heterocycles. The molecule has 0 aromatic carbocycles. The van der Waals surface area contributed by atoms with Crippen molar-refractivity contribution in [3.63, 3.8) is 0 Å². The van der Waals surface area contributed by atoms with Crippen molar-refractivity contribution in [3.8, 4) is 11.8 Å². The SMILES string of the molecule is CCCCCC#CC1OCCCC1Cl. The number of hydrogen-bond donors (Lipinski definition) is 0. The Kier molecular flexibility index (Phi) is 6.07. The summed E-state index contributed by atoms with van der Waals surface area (Å²) in [7, 11) is 0. The van der Waals surface area contributed by atoms with Gasteiger partial charge in [0.15, 0.2) is 0 Å². The summed E-state index contributed by atoms with van der Waals surface area (Å²) in [4.78, 5) is 0. The van der Waals surface area contributed by atoms with Gasteiger partial charge in [0.05, 0.1) is 5.38 Å². The summed E-state index contributed by atoms with van der Waals surface area (Å²) in [6, 6.07) is 0. The molecule has 1 rings (SSSR count). The van der Waals surface area contributed by atoms with E-state index in [1.165, 1.54) is 19.3 Å². The molecule has 0 saturated carbocycles. The first-order valence-corrected chi connectivity index (χ1v) is 6.02. The molecule has 0 spiro atoms. The van der Waals surface area contributed by atoms with Crippen LogP contribution in [0.1, 0.15) is 45.4 Å². The highest BCUT2D eigenvalue weighted by atomic mass is 35.5. The summed E-state index contributed by atoms with van der Waals surface area (Å²) in [6.45, 7) is 3.02. The lowest BCUT2D eigenvalue weighted by Crippen LogP contribution is -2.28. The van der Waals surface area contributed by atoms with Crippen LogP contribution in [0.2, 0.25) is 0 Å². The number of halogens is 1. The number of rotatable bonds is 3. The summed E-state index contributed by atoms with van der Waals surface area (Å²) in [5.41, 5.74) is 0. The minimum Gasteiger partial charge on any atom is -0.364 e. The van der Waals surface area contributed by atoms with Gasteiger partial charge in [-0.1, -0.05) is 25.7 Å². The van der Waals surface area contributed by atoms with Gasteiger partial charge in [0.25, 0.3) is 0 Å². The molecular formula is C12H19ClO. The summed E-state index contributed by atoms with van der Waals surface area (Å²) in [5, 5.41) is 0.0995. The van der Waals surface area contributed by atoms with Crippen molar-refractivity contribution < 1.29 is 4.74 Å². The molecule has 0 aromatic heterocycles. The Hall–Kier alpha value is -0.190. The van der Waals surface area contributed by atoms with Gasteiger partial charge < -0.3 is 4.74 Å². The van der Waals surface area contributed by atoms with Crippen molar-refractivity contribution in [2.75, 3.05) is 6.61 Å². The van der Waals surface area contributed by atoms with E-state index in [-0.39, 0.29) is 11.5 Å². The van der Waals surface area contributed by atoms with Crippen LogP contribution in [0.5, 0.6) is 0 Å². The normalized spacial score (nSPS) is 26.7. The Morgan fingerprint density at radius 1 is 1.43 bits per heavy atom. The van der Waals surface area contributed by atoms with Crippen LogP contribution in [0.25, 0.3) is 0 Å². The van der Waals surface area contributed by atoms with Crippen LogP contribution in [-0.2, 0) is 4.74 Å². The summed E-state index contributed by atoms with van der Waals surface area (Å²) < 4.78 is 5.49. The number of alkyl halides is 1. The second-order valence-corrected chi connectivity index (χ2v) is 4.29. The first-order chi connectivity index (χ1) is 6.84. The van der Waals surface area contributed by atoms with Crippen molar-refractivity contribution in [3.05, 3.63) is 0 Å². The molecule has 1 fully saturated rings. The molecule has 0 aliphatic carbocycles. The van der Waals surface area contributed by atoms with Gasteiger partial charge >= 0.3 is 0 Å². The van der Waals surface area contributed by atoms with Crippen LogP contribution in [0.15, 0.2) is 0 Å². The lowest BCUT2D eigenvalue weighted by atomic mass is 10.1. The van der Waals surface area contributed by atoms with E-state index >= 15 is 0 Å². The largest absolute Gasteiger partial charge is 0.364 e. The van der Waals surface area contributed by atoms with E-state index in [0.29, 0.717) is 0 Å². The average molecular weight is 215 g/mol. The summed E-state index contributed by atoms with van der Waals surface area (Å²) >= 11 is 6.10. The van der Waals surface area contributed by atoms with Crippen molar-refractivity contribution >= 4 is 11.6 Å². The zero-order valence-corrected chi connectivity index (χ0v) is 9.65. The maximum absolute atomic E-state index is 6.10.